The first kappa shape index (κ1) is 12.4. The van der Waals surface area contributed by atoms with Gasteiger partial charge < -0.3 is 5.32 Å². The van der Waals surface area contributed by atoms with Crippen molar-refractivity contribution < 1.29 is 0 Å². The fraction of sp³-hybridized carbons (Fsp3) is 1.00. The Morgan fingerprint density at radius 3 is 2.38 bits per heavy atom. The zero-order valence-corrected chi connectivity index (χ0v) is 11.6. The summed E-state index contributed by atoms with van der Waals surface area (Å²) in [5, 5.41) is 3.73. The third kappa shape index (κ3) is 2.16. The maximum absolute atomic E-state index is 3.73. The second-order valence-electron chi connectivity index (χ2n) is 6.99. The van der Waals surface area contributed by atoms with Gasteiger partial charge in [-0.05, 0) is 54.9 Å². The minimum absolute atomic E-state index is 0.637. The van der Waals surface area contributed by atoms with Crippen molar-refractivity contribution in [2.75, 3.05) is 13.1 Å². The lowest BCUT2D eigenvalue weighted by molar-refractivity contribution is 0.0920. The van der Waals surface area contributed by atoms with Crippen LogP contribution in [0.15, 0.2) is 0 Å². The molecule has 1 heteroatoms. The highest BCUT2D eigenvalue weighted by molar-refractivity contribution is 5.02. The first-order valence-electron chi connectivity index (χ1n) is 7.25. The highest BCUT2D eigenvalue weighted by Gasteiger charge is 2.51. The third-order valence-corrected chi connectivity index (χ3v) is 5.18. The molecule has 0 aliphatic heterocycles. The molecule has 0 aromatic heterocycles. The van der Waals surface area contributed by atoms with E-state index in [9.17, 15) is 0 Å². The van der Waals surface area contributed by atoms with E-state index in [2.05, 4.69) is 33.0 Å². The molecule has 0 aromatic rings. The summed E-state index contributed by atoms with van der Waals surface area (Å²) in [4.78, 5) is 0. The molecule has 2 rings (SSSR count). The van der Waals surface area contributed by atoms with Crippen LogP contribution in [0.25, 0.3) is 0 Å². The molecular weight excluding hydrogens is 194 g/mol. The zero-order valence-electron chi connectivity index (χ0n) is 11.6. The monoisotopic (exact) mass is 223 g/mol. The lowest BCUT2D eigenvalue weighted by Crippen LogP contribution is -2.43. The molecule has 2 bridgehead atoms. The predicted octanol–water partition coefficient (Wildman–Crippen LogP) is 3.69. The second kappa shape index (κ2) is 4.68. The smallest absolute Gasteiger partial charge is 0.00131 e. The SMILES string of the molecule is CC(C)CNCC1(C(C)C)CC2CCC1C2. The highest BCUT2D eigenvalue weighted by Crippen LogP contribution is 2.58. The molecular formula is C15H29N. The quantitative estimate of drug-likeness (QED) is 0.749. The minimum Gasteiger partial charge on any atom is -0.316 e. The van der Waals surface area contributed by atoms with Crippen LogP contribution in [0.2, 0.25) is 0 Å². The number of hydrogen-bond donors (Lipinski definition) is 1. The molecule has 2 aliphatic rings. The van der Waals surface area contributed by atoms with Crippen molar-refractivity contribution in [3.05, 3.63) is 0 Å². The van der Waals surface area contributed by atoms with Gasteiger partial charge in [-0.25, -0.2) is 0 Å². The summed E-state index contributed by atoms with van der Waals surface area (Å²) in [7, 11) is 0. The van der Waals surface area contributed by atoms with Gasteiger partial charge in [-0.1, -0.05) is 34.1 Å². The maximum Gasteiger partial charge on any atom is 0.00131 e. The van der Waals surface area contributed by atoms with Crippen molar-refractivity contribution in [3.63, 3.8) is 0 Å². The Morgan fingerprint density at radius 2 is 1.94 bits per heavy atom. The molecule has 2 saturated carbocycles. The third-order valence-electron chi connectivity index (χ3n) is 5.18. The number of hydrogen-bond acceptors (Lipinski definition) is 1. The van der Waals surface area contributed by atoms with Crippen LogP contribution in [0, 0.1) is 29.1 Å². The van der Waals surface area contributed by atoms with E-state index in [0.717, 1.165) is 23.7 Å². The Kier molecular flexibility index (Phi) is 3.63. The normalized spacial score (nSPS) is 37.9. The molecule has 3 atom stereocenters. The van der Waals surface area contributed by atoms with Gasteiger partial charge in [0.25, 0.3) is 0 Å². The van der Waals surface area contributed by atoms with E-state index in [1.165, 1.54) is 38.8 Å². The van der Waals surface area contributed by atoms with Gasteiger partial charge in [0.05, 0.1) is 0 Å². The van der Waals surface area contributed by atoms with Crippen molar-refractivity contribution in [2.45, 2.75) is 53.4 Å². The molecule has 0 spiro atoms. The molecule has 0 heterocycles. The predicted molar refractivity (Wildman–Crippen MR) is 70.4 cm³/mol. The van der Waals surface area contributed by atoms with Gasteiger partial charge in [0.2, 0.25) is 0 Å². The Bertz CT molecular complexity index is 234. The minimum atomic E-state index is 0.637. The van der Waals surface area contributed by atoms with Crippen molar-refractivity contribution >= 4 is 0 Å². The van der Waals surface area contributed by atoms with Crippen molar-refractivity contribution in [1.82, 2.24) is 5.32 Å². The van der Waals surface area contributed by atoms with Crippen LogP contribution in [0.4, 0.5) is 0 Å². The van der Waals surface area contributed by atoms with Crippen LogP contribution >= 0.6 is 0 Å². The van der Waals surface area contributed by atoms with E-state index in [0.29, 0.717) is 5.41 Å². The lowest BCUT2D eigenvalue weighted by atomic mass is 9.66. The first-order chi connectivity index (χ1) is 7.54. The van der Waals surface area contributed by atoms with Gasteiger partial charge in [-0.15, -0.1) is 0 Å². The molecule has 0 radical (unpaired) electrons. The molecule has 1 N–H and O–H groups in total. The largest absolute Gasteiger partial charge is 0.316 e. The van der Waals surface area contributed by atoms with Crippen molar-refractivity contribution in [1.29, 1.82) is 0 Å². The summed E-state index contributed by atoms with van der Waals surface area (Å²) in [6, 6.07) is 0. The van der Waals surface area contributed by atoms with Crippen LogP contribution in [0.1, 0.15) is 53.4 Å². The highest BCUT2D eigenvalue weighted by atomic mass is 14.9. The molecule has 2 aliphatic carbocycles. The summed E-state index contributed by atoms with van der Waals surface area (Å²) >= 11 is 0. The van der Waals surface area contributed by atoms with Crippen LogP contribution < -0.4 is 5.32 Å². The number of nitrogens with one attached hydrogen (secondary N) is 1. The molecule has 0 aromatic carbocycles. The Labute approximate surface area is 101 Å². The molecule has 0 saturated heterocycles. The van der Waals surface area contributed by atoms with E-state index in [-0.39, 0.29) is 0 Å². The van der Waals surface area contributed by atoms with Gasteiger partial charge in [0.15, 0.2) is 0 Å². The van der Waals surface area contributed by atoms with Crippen molar-refractivity contribution in [3.8, 4) is 0 Å². The molecule has 1 nitrogen and oxygen atoms in total. The molecule has 0 amide bonds. The second-order valence-corrected chi connectivity index (χ2v) is 6.99. The summed E-state index contributed by atoms with van der Waals surface area (Å²) in [6.45, 7) is 11.9. The van der Waals surface area contributed by atoms with E-state index < -0.39 is 0 Å². The lowest BCUT2D eigenvalue weighted by Gasteiger charge is -2.42. The van der Waals surface area contributed by atoms with Gasteiger partial charge in [0, 0.05) is 6.54 Å². The van der Waals surface area contributed by atoms with Gasteiger partial charge in [-0.2, -0.15) is 0 Å². The topological polar surface area (TPSA) is 12.0 Å². The fourth-order valence-corrected chi connectivity index (χ4v) is 4.21. The van der Waals surface area contributed by atoms with Crippen LogP contribution in [-0.2, 0) is 0 Å². The summed E-state index contributed by atoms with van der Waals surface area (Å²) in [5.74, 6) is 3.72. The van der Waals surface area contributed by atoms with Crippen molar-refractivity contribution in [2.24, 2.45) is 29.1 Å². The summed E-state index contributed by atoms with van der Waals surface area (Å²) in [5.41, 5.74) is 0.637. The maximum atomic E-state index is 3.73. The fourth-order valence-electron chi connectivity index (χ4n) is 4.21. The first-order valence-corrected chi connectivity index (χ1v) is 7.25. The van der Waals surface area contributed by atoms with E-state index in [4.69, 9.17) is 0 Å². The molecule has 16 heavy (non-hydrogen) atoms. The molecule has 2 fully saturated rings. The van der Waals surface area contributed by atoms with Gasteiger partial charge in [-0.3, -0.25) is 0 Å². The van der Waals surface area contributed by atoms with E-state index in [1.807, 2.05) is 0 Å². The van der Waals surface area contributed by atoms with E-state index in [1.54, 1.807) is 0 Å². The zero-order chi connectivity index (χ0) is 11.8. The van der Waals surface area contributed by atoms with Gasteiger partial charge >= 0.3 is 0 Å². The average molecular weight is 223 g/mol. The molecule has 94 valence electrons. The van der Waals surface area contributed by atoms with Gasteiger partial charge in [0.1, 0.15) is 0 Å². The number of rotatable bonds is 5. The molecule has 3 unspecified atom stereocenters. The Balaban J connectivity index is 1.95. The van der Waals surface area contributed by atoms with Crippen LogP contribution in [0.5, 0.6) is 0 Å². The Hall–Kier alpha value is -0.0400. The average Bonchev–Trinajstić information content (AvgIpc) is 2.76. The summed E-state index contributed by atoms with van der Waals surface area (Å²) in [6.07, 6.45) is 6.05. The number of fused-ring (bicyclic) bond motifs is 2. The van der Waals surface area contributed by atoms with Crippen LogP contribution in [-0.4, -0.2) is 13.1 Å². The standard InChI is InChI=1S/C15H29N/c1-11(2)9-16-10-15(12(3)4)8-13-5-6-14(15)7-13/h11-14,16H,5-10H2,1-4H3. The van der Waals surface area contributed by atoms with Crippen LogP contribution in [0.3, 0.4) is 0 Å². The van der Waals surface area contributed by atoms with E-state index >= 15 is 0 Å². The Morgan fingerprint density at radius 1 is 1.19 bits per heavy atom. The summed E-state index contributed by atoms with van der Waals surface area (Å²) < 4.78 is 0.